The number of hydrogen-bond donors (Lipinski definition) is 1. The van der Waals surface area contributed by atoms with Crippen LogP contribution in [-0.2, 0) is 0 Å². The molecular weight excluding hydrogens is 388 g/mol. The first-order valence-electron chi connectivity index (χ1n) is 9.00. The number of thiophene rings is 1. The summed E-state index contributed by atoms with van der Waals surface area (Å²) in [4.78, 5) is 9.46. The number of oxazole rings is 1. The molecule has 0 atom stereocenters. The lowest BCUT2D eigenvalue weighted by molar-refractivity contribution is 0.535. The van der Waals surface area contributed by atoms with Gasteiger partial charge in [0.1, 0.15) is 5.69 Å². The lowest BCUT2D eigenvalue weighted by atomic mass is 10.0. The van der Waals surface area contributed by atoms with Crippen LogP contribution in [0.5, 0.6) is 0 Å². The smallest absolute Gasteiger partial charge is 0.192 e. The lowest BCUT2D eigenvalue weighted by Crippen LogP contribution is -1.84. The fraction of sp³-hybridized carbons (Fsp3) is 0.0870. The van der Waals surface area contributed by atoms with Crippen LogP contribution in [0.2, 0.25) is 5.02 Å². The molecule has 0 aliphatic heterocycles. The van der Waals surface area contributed by atoms with Gasteiger partial charge in [-0.1, -0.05) is 41.4 Å². The monoisotopic (exact) mass is 404 g/mol. The summed E-state index contributed by atoms with van der Waals surface area (Å²) in [5.41, 5.74) is 6.20. The summed E-state index contributed by atoms with van der Waals surface area (Å²) < 4.78 is 6.17. The summed E-state index contributed by atoms with van der Waals surface area (Å²) in [5.74, 6) is 1.42. The minimum Gasteiger partial charge on any atom is -0.440 e. The van der Waals surface area contributed by atoms with Crippen molar-refractivity contribution in [3.05, 3.63) is 76.5 Å². The van der Waals surface area contributed by atoms with Crippen molar-refractivity contribution in [2.24, 2.45) is 0 Å². The number of H-pyrrole nitrogens is 1. The minimum absolute atomic E-state index is 0.638. The first-order chi connectivity index (χ1) is 13.6. The second-order valence-electron chi connectivity index (χ2n) is 6.82. The number of hydrogen-bond acceptors (Lipinski definition) is 3. The Kier molecular flexibility index (Phi) is 4.11. The van der Waals surface area contributed by atoms with Crippen molar-refractivity contribution in [2.45, 2.75) is 13.8 Å². The zero-order valence-electron chi connectivity index (χ0n) is 15.4. The molecule has 138 valence electrons. The molecule has 28 heavy (non-hydrogen) atoms. The molecule has 5 rings (SSSR count). The molecule has 0 radical (unpaired) electrons. The number of aryl methyl sites for hydroxylation is 2. The van der Waals surface area contributed by atoms with Gasteiger partial charge in [0.2, 0.25) is 0 Å². The Morgan fingerprint density at radius 3 is 2.61 bits per heavy atom. The Balaban J connectivity index is 1.84. The van der Waals surface area contributed by atoms with E-state index >= 15 is 0 Å². The topological polar surface area (TPSA) is 41.8 Å². The quantitative estimate of drug-likeness (QED) is 0.338. The normalized spacial score (nSPS) is 11.4. The van der Waals surface area contributed by atoms with E-state index < -0.39 is 0 Å². The number of rotatable bonds is 3. The molecule has 0 saturated heterocycles. The summed E-state index contributed by atoms with van der Waals surface area (Å²) >= 11 is 7.79. The molecule has 1 N–H and O–H groups in total. The Labute approximate surface area is 171 Å². The molecule has 0 fully saturated rings. The van der Waals surface area contributed by atoms with Crippen molar-refractivity contribution in [1.82, 2.24) is 9.97 Å². The molecule has 0 saturated carbocycles. The highest BCUT2D eigenvalue weighted by Gasteiger charge is 2.23. The molecule has 0 aliphatic rings. The van der Waals surface area contributed by atoms with Gasteiger partial charge in [0.25, 0.3) is 0 Å². The zero-order valence-corrected chi connectivity index (χ0v) is 17.0. The minimum atomic E-state index is 0.638. The van der Waals surface area contributed by atoms with Crippen molar-refractivity contribution in [1.29, 1.82) is 0 Å². The van der Waals surface area contributed by atoms with Gasteiger partial charge in [0, 0.05) is 28.4 Å². The van der Waals surface area contributed by atoms with Gasteiger partial charge in [-0.3, -0.25) is 0 Å². The van der Waals surface area contributed by atoms with E-state index in [1.807, 2.05) is 31.2 Å². The van der Waals surface area contributed by atoms with Crippen LogP contribution in [0.1, 0.15) is 11.5 Å². The van der Waals surface area contributed by atoms with E-state index in [2.05, 4.69) is 47.6 Å². The van der Waals surface area contributed by atoms with Crippen LogP contribution in [0.3, 0.4) is 0 Å². The Morgan fingerprint density at radius 2 is 1.86 bits per heavy atom. The van der Waals surface area contributed by atoms with E-state index in [9.17, 15) is 0 Å². The largest absolute Gasteiger partial charge is 0.440 e. The average molecular weight is 405 g/mol. The van der Waals surface area contributed by atoms with Crippen LogP contribution in [0, 0.1) is 13.8 Å². The van der Waals surface area contributed by atoms with Crippen molar-refractivity contribution in [3.63, 3.8) is 0 Å². The van der Waals surface area contributed by atoms with Crippen molar-refractivity contribution < 1.29 is 4.42 Å². The molecule has 2 aromatic carbocycles. The summed E-state index contributed by atoms with van der Waals surface area (Å²) in [6.07, 6.45) is 0. The second-order valence-corrected chi connectivity index (χ2v) is 8.20. The van der Waals surface area contributed by atoms with Crippen LogP contribution in [0.4, 0.5) is 0 Å². The third-order valence-electron chi connectivity index (χ3n) is 4.80. The first kappa shape index (κ1) is 17.3. The van der Waals surface area contributed by atoms with Crippen molar-refractivity contribution in [3.8, 4) is 33.2 Å². The summed E-state index contributed by atoms with van der Waals surface area (Å²) in [7, 11) is 0. The van der Waals surface area contributed by atoms with Crippen molar-refractivity contribution >= 4 is 33.8 Å². The molecule has 0 unspecified atom stereocenters. The predicted octanol–water partition coefficient (Wildman–Crippen LogP) is 7.49. The molecule has 0 aliphatic carbocycles. The number of fused-ring (bicyclic) bond motifs is 1. The van der Waals surface area contributed by atoms with E-state index in [4.69, 9.17) is 21.0 Å². The maximum Gasteiger partial charge on any atom is 0.192 e. The highest BCUT2D eigenvalue weighted by atomic mass is 35.5. The third kappa shape index (κ3) is 2.86. The van der Waals surface area contributed by atoms with Gasteiger partial charge in [-0.05, 0) is 42.6 Å². The van der Waals surface area contributed by atoms with Gasteiger partial charge < -0.3 is 9.40 Å². The summed E-state index contributed by atoms with van der Waals surface area (Å²) in [5, 5.41) is 3.92. The molecular formula is C23H17ClN2OS. The molecule has 3 aromatic heterocycles. The Morgan fingerprint density at radius 1 is 1.04 bits per heavy atom. The maximum absolute atomic E-state index is 6.17. The molecule has 0 amide bonds. The number of nitrogens with one attached hydrogen (secondary N) is 1. The van der Waals surface area contributed by atoms with Gasteiger partial charge in [-0.25, -0.2) is 4.98 Å². The number of aromatic nitrogens is 2. The van der Waals surface area contributed by atoms with E-state index in [1.165, 1.54) is 10.4 Å². The maximum atomic E-state index is 6.17. The zero-order chi connectivity index (χ0) is 19.3. The number of benzene rings is 2. The Hall–Kier alpha value is -2.82. The summed E-state index contributed by atoms with van der Waals surface area (Å²) in [6, 6.07) is 18.3. The molecule has 3 nitrogen and oxygen atoms in total. The predicted molar refractivity (Wildman–Crippen MR) is 117 cm³/mol. The molecule has 5 aromatic rings. The van der Waals surface area contributed by atoms with Crippen LogP contribution >= 0.6 is 22.9 Å². The van der Waals surface area contributed by atoms with Crippen molar-refractivity contribution in [2.75, 3.05) is 0 Å². The van der Waals surface area contributed by atoms with Gasteiger partial charge in [-0.2, -0.15) is 0 Å². The first-order valence-corrected chi connectivity index (χ1v) is 10.3. The molecule has 5 heteroatoms. The van der Waals surface area contributed by atoms with E-state index in [1.54, 1.807) is 11.3 Å². The third-order valence-corrected chi connectivity index (χ3v) is 5.94. The number of nitrogens with zero attached hydrogens (tertiary/aromatic N) is 1. The molecule has 0 spiro atoms. The number of aromatic amines is 1. The van der Waals surface area contributed by atoms with Gasteiger partial charge in [0.15, 0.2) is 11.7 Å². The number of halogens is 1. The van der Waals surface area contributed by atoms with E-state index in [0.29, 0.717) is 10.9 Å². The molecule has 3 heterocycles. The van der Waals surface area contributed by atoms with Gasteiger partial charge >= 0.3 is 0 Å². The van der Waals surface area contributed by atoms with Crippen LogP contribution in [0.15, 0.2) is 64.4 Å². The summed E-state index contributed by atoms with van der Waals surface area (Å²) in [6.45, 7) is 3.99. The van der Waals surface area contributed by atoms with E-state index in [-0.39, 0.29) is 0 Å². The van der Waals surface area contributed by atoms with E-state index in [0.717, 1.165) is 39.2 Å². The fourth-order valence-corrected chi connectivity index (χ4v) is 4.40. The standard InChI is InChI=1S/C23H17ClN2OS/c1-13-5-10-18-17(12-13)20(22(26-18)19-4-3-11-28-19)23-21(25-14(2)27-23)15-6-8-16(24)9-7-15/h3-12,26H,1-2H3. The Bertz CT molecular complexity index is 1280. The highest BCUT2D eigenvalue weighted by Crippen LogP contribution is 2.44. The van der Waals surface area contributed by atoms with Gasteiger partial charge in [-0.15, -0.1) is 11.3 Å². The lowest BCUT2D eigenvalue weighted by Gasteiger charge is -2.04. The van der Waals surface area contributed by atoms with Crippen LogP contribution in [-0.4, -0.2) is 9.97 Å². The SMILES string of the molecule is Cc1ccc2[nH]c(-c3cccs3)c(-c3oc(C)nc3-c3ccc(Cl)cc3)c2c1. The fourth-order valence-electron chi connectivity index (χ4n) is 3.55. The second kappa shape index (κ2) is 6.66. The molecule has 0 bridgehead atoms. The van der Waals surface area contributed by atoms with Gasteiger partial charge in [0.05, 0.1) is 16.1 Å². The van der Waals surface area contributed by atoms with Crippen LogP contribution in [0.25, 0.3) is 44.1 Å². The highest BCUT2D eigenvalue weighted by molar-refractivity contribution is 7.13. The van der Waals surface area contributed by atoms with Crippen LogP contribution < -0.4 is 0 Å². The average Bonchev–Trinajstić information content (AvgIpc) is 3.40.